The molecule has 3 heteroatoms. The second kappa shape index (κ2) is 5.87. The van der Waals surface area contributed by atoms with Gasteiger partial charge in [-0.1, -0.05) is 6.92 Å². The zero-order chi connectivity index (χ0) is 13.1. The van der Waals surface area contributed by atoms with Crippen molar-refractivity contribution in [3.05, 3.63) is 17.5 Å². The summed E-state index contributed by atoms with van der Waals surface area (Å²) in [5.41, 5.74) is 2.67. The van der Waals surface area contributed by atoms with Gasteiger partial charge in [-0.2, -0.15) is 5.10 Å². The van der Waals surface area contributed by atoms with E-state index in [1.807, 2.05) is 0 Å². The van der Waals surface area contributed by atoms with Crippen molar-refractivity contribution in [3.63, 3.8) is 0 Å². The van der Waals surface area contributed by atoms with Crippen molar-refractivity contribution < 1.29 is 0 Å². The molecule has 0 spiro atoms. The Balaban J connectivity index is 2.05. The fraction of sp³-hybridized carbons (Fsp3) is 0.800. The molecule has 102 valence electrons. The van der Waals surface area contributed by atoms with Crippen LogP contribution in [-0.4, -0.2) is 21.9 Å². The van der Waals surface area contributed by atoms with Crippen LogP contribution in [0.3, 0.4) is 0 Å². The summed E-state index contributed by atoms with van der Waals surface area (Å²) in [7, 11) is 0. The SMILES string of the molecule is CCc1cc(CC2CC(C)NC(C)C2)n(CC)n1. The summed E-state index contributed by atoms with van der Waals surface area (Å²) in [4.78, 5) is 0. The molecule has 1 fully saturated rings. The van der Waals surface area contributed by atoms with Crippen molar-refractivity contribution >= 4 is 0 Å². The number of piperidine rings is 1. The van der Waals surface area contributed by atoms with Gasteiger partial charge in [-0.15, -0.1) is 0 Å². The minimum absolute atomic E-state index is 0.655. The Morgan fingerprint density at radius 1 is 1.28 bits per heavy atom. The molecular weight excluding hydrogens is 222 g/mol. The van der Waals surface area contributed by atoms with E-state index in [9.17, 15) is 0 Å². The first-order chi connectivity index (χ1) is 8.62. The average molecular weight is 249 g/mol. The van der Waals surface area contributed by atoms with Crippen LogP contribution in [0.5, 0.6) is 0 Å². The van der Waals surface area contributed by atoms with Crippen molar-refractivity contribution in [3.8, 4) is 0 Å². The minimum atomic E-state index is 0.655. The Hall–Kier alpha value is -0.830. The Kier molecular flexibility index (Phi) is 4.44. The lowest BCUT2D eigenvalue weighted by Gasteiger charge is -2.33. The van der Waals surface area contributed by atoms with Crippen LogP contribution >= 0.6 is 0 Å². The highest BCUT2D eigenvalue weighted by molar-refractivity contribution is 5.11. The van der Waals surface area contributed by atoms with Crippen LogP contribution in [0.15, 0.2) is 6.07 Å². The van der Waals surface area contributed by atoms with E-state index in [1.165, 1.54) is 30.7 Å². The van der Waals surface area contributed by atoms with Crippen molar-refractivity contribution in [2.75, 3.05) is 0 Å². The Morgan fingerprint density at radius 3 is 2.50 bits per heavy atom. The predicted molar refractivity (Wildman–Crippen MR) is 75.8 cm³/mol. The zero-order valence-electron chi connectivity index (χ0n) is 12.2. The van der Waals surface area contributed by atoms with Gasteiger partial charge in [0.15, 0.2) is 0 Å². The molecule has 1 aromatic rings. The Morgan fingerprint density at radius 2 is 1.94 bits per heavy atom. The van der Waals surface area contributed by atoms with Crippen LogP contribution in [-0.2, 0) is 19.4 Å². The van der Waals surface area contributed by atoms with E-state index in [2.05, 4.69) is 48.9 Å². The molecule has 1 aliphatic rings. The van der Waals surface area contributed by atoms with E-state index < -0.39 is 0 Å². The third kappa shape index (κ3) is 3.14. The van der Waals surface area contributed by atoms with Gasteiger partial charge >= 0.3 is 0 Å². The number of aromatic nitrogens is 2. The largest absolute Gasteiger partial charge is 0.312 e. The maximum absolute atomic E-state index is 4.65. The van der Waals surface area contributed by atoms with Gasteiger partial charge in [0, 0.05) is 24.3 Å². The Labute approximate surface area is 111 Å². The van der Waals surface area contributed by atoms with Gasteiger partial charge in [0.05, 0.1) is 5.69 Å². The lowest BCUT2D eigenvalue weighted by Crippen LogP contribution is -2.42. The van der Waals surface area contributed by atoms with E-state index in [-0.39, 0.29) is 0 Å². The second-order valence-corrected chi connectivity index (χ2v) is 5.81. The van der Waals surface area contributed by atoms with E-state index in [4.69, 9.17) is 0 Å². The molecule has 2 rings (SSSR count). The van der Waals surface area contributed by atoms with E-state index in [0.29, 0.717) is 12.1 Å². The molecule has 0 aromatic carbocycles. The topological polar surface area (TPSA) is 29.9 Å². The molecule has 1 aromatic heterocycles. The summed E-state index contributed by atoms with van der Waals surface area (Å²) in [6.07, 6.45) is 4.82. The number of aryl methyl sites for hydroxylation is 2. The van der Waals surface area contributed by atoms with Gasteiger partial charge in [0.25, 0.3) is 0 Å². The van der Waals surface area contributed by atoms with E-state index >= 15 is 0 Å². The summed E-state index contributed by atoms with van der Waals surface area (Å²) in [6.45, 7) is 9.96. The van der Waals surface area contributed by atoms with Gasteiger partial charge < -0.3 is 5.32 Å². The molecule has 0 aliphatic carbocycles. The molecule has 1 aliphatic heterocycles. The van der Waals surface area contributed by atoms with E-state index in [1.54, 1.807) is 0 Å². The van der Waals surface area contributed by atoms with Crippen LogP contribution in [0, 0.1) is 5.92 Å². The van der Waals surface area contributed by atoms with Gasteiger partial charge in [-0.25, -0.2) is 0 Å². The first-order valence-corrected chi connectivity index (χ1v) is 7.44. The lowest BCUT2D eigenvalue weighted by molar-refractivity contribution is 0.258. The van der Waals surface area contributed by atoms with Crippen molar-refractivity contribution in [1.29, 1.82) is 0 Å². The van der Waals surface area contributed by atoms with Crippen LogP contribution in [0.4, 0.5) is 0 Å². The molecule has 1 N–H and O–H groups in total. The quantitative estimate of drug-likeness (QED) is 0.889. The van der Waals surface area contributed by atoms with Gasteiger partial charge in [-0.05, 0) is 58.4 Å². The first kappa shape index (κ1) is 13.6. The normalized spacial score (nSPS) is 28.6. The molecular formula is C15H27N3. The summed E-state index contributed by atoms with van der Waals surface area (Å²) in [5.74, 6) is 0.808. The monoisotopic (exact) mass is 249 g/mol. The summed E-state index contributed by atoms with van der Waals surface area (Å²) in [6, 6.07) is 3.62. The molecule has 18 heavy (non-hydrogen) atoms. The molecule has 2 atom stereocenters. The summed E-state index contributed by atoms with van der Waals surface area (Å²) in [5, 5.41) is 8.27. The highest BCUT2D eigenvalue weighted by Gasteiger charge is 2.24. The maximum atomic E-state index is 4.65. The van der Waals surface area contributed by atoms with E-state index in [0.717, 1.165) is 18.9 Å². The average Bonchev–Trinajstić information content (AvgIpc) is 2.70. The van der Waals surface area contributed by atoms with Crippen LogP contribution in [0.1, 0.15) is 51.9 Å². The number of hydrogen-bond donors (Lipinski definition) is 1. The molecule has 3 nitrogen and oxygen atoms in total. The fourth-order valence-corrected chi connectivity index (χ4v) is 3.31. The molecule has 2 unspecified atom stereocenters. The molecule has 2 heterocycles. The highest BCUT2D eigenvalue weighted by atomic mass is 15.3. The van der Waals surface area contributed by atoms with Gasteiger partial charge in [-0.3, -0.25) is 4.68 Å². The van der Waals surface area contributed by atoms with Crippen LogP contribution < -0.4 is 5.32 Å². The summed E-state index contributed by atoms with van der Waals surface area (Å²) < 4.78 is 2.19. The summed E-state index contributed by atoms with van der Waals surface area (Å²) >= 11 is 0. The second-order valence-electron chi connectivity index (χ2n) is 5.81. The van der Waals surface area contributed by atoms with Crippen molar-refractivity contribution in [2.45, 2.75) is 72.0 Å². The molecule has 0 bridgehead atoms. The Bertz CT molecular complexity index is 373. The third-order valence-corrected chi connectivity index (χ3v) is 4.02. The number of hydrogen-bond acceptors (Lipinski definition) is 2. The zero-order valence-corrected chi connectivity index (χ0v) is 12.2. The molecule has 0 saturated carbocycles. The van der Waals surface area contributed by atoms with Gasteiger partial charge in [0.2, 0.25) is 0 Å². The highest BCUT2D eigenvalue weighted by Crippen LogP contribution is 2.24. The standard InChI is InChI=1S/C15H27N3/c1-5-14-10-15(18(6-2)17-14)9-13-7-11(3)16-12(4)8-13/h10-13,16H,5-9H2,1-4H3. The third-order valence-electron chi connectivity index (χ3n) is 4.02. The fourth-order valence-electron chi connectivity index (χ4n) is 3.31. The molecule has 0 radical (unpaired) electrons. The molecule has 0 amide bonds. The molecule has 1 saturated heterocycles. The smallest absolute Gasteiger partial charge is 0.0624 e. The maximum Gasteiger partial charge on any atom is 0.0624 e. The van der Waals surface area contributed by atoms with Crippen LogP contribution in [0.2, 0.25) is 0 Å². The van der Waals surface area contributed by atoms with Gasteiger partial charge in [0.1, 0.15) is 0 Å². The lowest BCUT2D eigenvalue weighted by atomic mass is 9.86. The number of nitrogens with one attached hydrogen (secondary N) is 1. The van der Waals surface area contributed by atoms with Crippen molar-refractivity contribution in [1.82, 2.24) is 15.1 Å². The number of nitrogens with zero attached hydrogens (tertiary/aromatic N) is 2. The van der Waals surface area contributed by atoms with Crippen molar-refractivity contribution in [2.24, 2.45) is 5.92 Å². The van der Waals surface area contributed by atoms with Crippen LogP contribution in [0.25, 0.3) is 0 Å². The minimum Gasteiger partial charge on any atom is -0.312 e. The first-order valence-electron chi connectivity index (χ1n) is 7.44. The predicted octanol–water partition coefficient (Wildman–Crippen LogP) is 2.78. The number of rotatable bonds is 4.